The van der Waals surface area contributed by atoms with E-state index in [9.17, 15) is 4.79 Å². The van der Waals surface area contributed by atoms with Crippen molar-refractivity contribution in [1.82, 2.24) is 5.32 Å². The number of hydrogen-bond acceptors (Lipinski definition) is 1. The highest BCUT2D eigenvalue weighted by Gasteiger charge is 2.11. The van der Waals surface area contributed by atoms with Gasteiger partial charge in [0.2, 0.25) is 0 Å². The largest absolute Gasteiger partial charge is 0.349 e. The highest BCUT2D eigenvalue weighted by Crippen LogP contribution is 2.15. The number of aryl methyl sites for hydroxylation is 1. The van der Waals surface area contributed by atoms with Crippen LogP contribution in [0.15, 0.2) is 18.2 Å². The van der Waals surface area contributed by atoms with Gasteiger partial charge in [0.05, 0.1) is 0 Å². The number of nitrogens with one attached hydrogen (secondary N) is 1. The molecule has 0 bridgehead atoms. The molecule has 1 aromatic carbocycles. The first-order valence-corrected chi connectivity index (χ1v) is 5.43. The van der Waals surface area contributed by atoms with Gasteiger partial charge in [0.15, 0.2) is 0 Å². The van der Waals surface area contributed by atoms with Crippen molar-refractivity contribution in [1.29, 1.82) is 0 Å². The predicted molar refractivity (Wildman–Crippen MR) is 66.6 cm³/mol. The topological polar surface area (TPSA) is 29.1 Å². The molecule has 0 aliphatic rings. The van der Waals surface area contributed by atoms with Gasteiger partial charge in [-0.1, -0.05) is 17.7 Å². The Hall–Kier alpha value is -1.46. The molecule has 1 rings (SSSR count). The number of terminal acetylenes is 1. The molecule has 0 fully saturated rings. The summed E-state index contributed by atoms with van der Waals surface area (Å²) in [6, 6.07) is 5.21. The van der Waals surface area contributed by atoms with E-state index in [1.165, 1.54) is 0 Å². The molecule has 0 saturated heterocycles. The Bertz CT molecular complexity index is 434. The Morgan fingerprint density at radius 1 is 1.62 bits per heavy atom. The average molecular weight is 236 g/mol. The zero-order valence-corrected chi connectivity index (χ0v) is 10.1. The maximum absolute atomic E-state index is 11.9. The average Bonchev–Trinajstić information content (AvgIpc) is 2.21. The van der Waals surface area contributed by atoms with E-state index in [0.29, 0.717) is 17.0 Å². The lowest BCUT2D eigenvalue weighted by atomic mass is 10.1. The Labute approximate surface area is 101 Å². The van der Waals surface area contributed by atoms with Gasteiger partial charge in [-0.25, -0.2) is 0 Å². The first kappa shape index (κ1) is 12.6. The van der Waals surface area contributed by atoms with Crippen LogP contribution in [0.25, 0.3) is 0 Å². The number of hydrogen-bond donors (Lipinski definition) is 1. The van der Waals surface area contributed by atoms with Crippen LogP contribution >= 0.6 is 11.6 Å². The van der Waals surface area contributed by atoms with Crippen LogP contribution in [-0.4, -0.2) is 11.9 Å². The fourth-order valence-electron chi connectivity index (χ4n) is 1.37. The van der Waals surface area contributed by atoms with Gasteiger partial charge < -0.3 is 5.32 Å². The molecule has 1 aromatic rings. The zero-order valence-electron chi connectivity index (χ0n) is 9.38. The first-order valence-electron chi connectivity index (χ1n) is 5.05. The molecule has 3 heteroatoms. The van der Waals surface area contributed by atoms with Gasteiger partial charge in [0, 0.05) is 23.0 Å². The molecule has 1 unspecified atom stereocenters. The highest BCUT2D eigenvalue weighted by atomic mass is 35.5. The minimum atomic E-state index is -0.136. The van der Waals surface area contributed by atoms with Crippen LogP contribution in [0.2, 0.25) is 5.02 Å². The summed E-state index contributed by atoms with van der Waals surface area (Å²) < 4.78 is 0. The summed E-state index contributed by atoms with van der Waals surface area (Å²) >= 11 is 5.85. The number of amides is 1. The van der Waals surface area contributed by atoms with Crippen LogP contribution in [0.4, 0.5) is 0 Å². The van der Waals surface area contributed by atoms with Gasteiger partial charge in [0.1, 0.15) is 0 Å². The summed E-state index contributed by atoms with van der Waals surface area (Å²) in [6.45, 7) is 3.74. The lowest BCUT2D eigenvalue weighted by Crippen LogP contribution is -2.32. The van der Waals surface area contributed by atoms with Crippen LogP contribution in [0.3, 0.4) is 0 Å². The monoisotopic (exact) mass is 235 g/mol. The number of benzene rings is 1. The van der Waals surface area contributed by atoms with Crippen molar-refractivity contribution in [3.8, 4) is 12.3 Å². The lowest BCUT2D eigenvalue weighted by molar-refractivity contribution is 0.0940. The van der Waals surface area contributed by atoms with Crippen molar-refractivity contribution in [3.05, 3.63) is 34.3 Å². The third kappa shape index (κ3) is 3.29. The van der Waals surface area contributed by atoms with Crippen molar-refractivity contribution >= 4 is 17.5 Å². The summed E-state index contributed by atoms with van der Waals surface area (Å²) in [5, 5.41) is 3.38. The number of halogens is 1. The van der Waals surface area contributed by atoms with Crippen molar-refractivity contribution in [2.24, 2.45) is 0 Å². The van der Waals surface area contributed by atoms with E-state index >= 15 is 0 Å². The predicted octanol–water partition coefficient (Wildman–Crippen LogP) is 2.79. The van der Waals surface area contributed by atoms with Gasteiger partial charge in [0.25, 0.3) is 5.91 Å². The normalized spacial score (nSPS) is 11.6. The van der Waals surface area contributed by atoms with Gasteiger partial charge in [-0.15, -0.1) is 12.3 Å². The molecular formula is C13H14ClNO. The van der Waals surface area contributed by atoms with Crippen LogP contribution in [0.5, 0.6) is 0 Å². The van der Waals surface area contributed by atoms with Crippen molar-refractivity contribution in [2.45, 2.75) is 26.3 Å². The fraction of sp³-hybridized carbons (Fsp3) is 0.308. The van der Waals surface area contributed by atoms with E-state index in [0.717, 1.165) is 5.56 Å². The molecule has 0 aliphatic heterocycles. The summed E-state index contributed by atoms with van der Waals surface area (Å²) in [6.07, 6.45) is 5.69. The van der Waals surface area contributed by atoms with Gasteiger partial charge in [-0.05, 0) is 31.5 Å². The third-order valence-corrected chi connectivity index (χ3v) is 2.48. The molecule has 1 N–H and O–H groups in total. The maximum Gasteiger partial charge on any atom is 0.251 e. The van der Waals surface area contributed by atoms with Gasteiger partial charge >= 0.3 is 0 Å². The van der Waals surface area contributed by atoms with E-state index in [1.54, 1.807) is 12.1 Å². The molecule has 0 saturated carbocycles. The fourth-order valence-corrected chi connectivity index (χ4v) is 1.54. The van der Waals surface area contributed by atoms with Crippen molar-refractivity contribution < 1.29 is 4.79 Å². The molecular weight excluding hydrogens is 222 g/mol. The smallest absolute Gasteiger partial charge is 0.251 e. The molecule has 1 atom stereocenters. The van der Waals surface area contributed by atoms with E-state index in [-0.39, 0.29) is 11.9 Å². The Balaban J connectivity index is 2.81. The number of rotatable bonds is 3. The molecule has 0 spiro atoms. The van der Waals surface area contributed by atoms with Gasteiger partial charge in [-0.2, -0.15) is 0 Å². The van der Waals surface area contributed by atoms with Crippen LogP contribution in [-0.2, 0) is 0 Å². The van der Waals surface area contributed by atoms with Crippen LogP contribution < -0.4 is 5.32 Å². The third-order valence-electron chi connectivity index (χ3n) is 2.25. The van der Waals surface area contributed by atoms with E-state index in [2.05, 4.69) is 11.2 Å². The van der Waals surface area contributed by atoms with E-state index < -0.39 is 0 Å². The maximum atomic E-state index is 11.9. The number of carbonyl (C=O) groups is 1. The molecule has 16 heavy (non-hydrogen) atoms. The second-order valence-corrected chi connectivity index (χ2v) is 4.18. The Kier molecular flexibility index (Phi) is 4.39. The first-order chi connectivity index (χ1) is 7.54. The number of carbonyl (C=O) groups excluding carboxylic acids is 1. The highest BCUT2D eigenvalue weighted by molar-refractivity contribution is 6.31. The zero-order chi connectivity index (χ0) is 12.1. The minimum Gasteiger partial charge on any atom is -0.349 e. The summed E-state index contributed by atoms with van der Waals surface area (Å²) in [5.41, 5.74) is 1.49. The SMILES string of the molecule is C#CCC(C)NC(=O)c1cc(Cl)ccc1C. The second kappa shape index (κ2) is 5.58. The van der Waals surface area contributed by atoms with Crippen LogP contribution in [0, 0.1) is 19.3 Å². The summed E-state index contributed by atoms with van der Waals surface area (Å²) in [4.78, 5) is 11.9. The standard InChI is InChI=1S/C13H14ClNO/c1-4-5-10(3)15-13(16)12-8-11(14)7-6-9(12)2/h1,6-8,10H,5H2,2-3H3,(H,15,16). The minimum absolute atomic E-state index is 0.0316. The lowest BCUT2D eigenvalue weighted by Gasteiger charge is -2.12. The van der Waals surface area contributed by atoms with Crippen molar-refractivity contribution in [3.63, 3.8) is 0 Å². The molecule has 84 valence electrons. The van der Waals surface area contributed by atoms with E-state index in [1.807, 2.05) is 19.9 Å². The van der Waals surface area contributed by atoms with Gasteiger partial charge in [-0.3, -0.25) is 4.79 Å². The van der Waals surface area contributed by atoms with Crippen LogP contribution in [0.1, 0.15) is 29.3 Å². The molecule has 0 aromatic heterocycles. The summed E-state index contributed by atoms with van der Waals surface area (Å²) in [7, 11) is 0. The van der Waals surface area contributed by atoms with Crippen molar-refractivity contribution in [2.75, 3.05) is 0 Å². The summed E-state index contributed by atoms with van der Waals surface area (Å²) in [5.74, 6) is 2.37. The molecule has 1 amide bonds. The Morgan fingerprint density at radius 3 is 2.94 bits per heavy atom. The second-order valence-electron chi connectivity index (χ2n) is 3.74. The quantitative estimate of drug-likeness (QED) is 0.802. The molecule has 0 heterocycles. The Morgan fingerprint density at radius 2 is 2.31 bits per heavy atom. The molecule has 2 nitrogen and oxygen atoms in total. The molecule has 0 radical (unpaired) electrons. The molecule has 0 aliphatic carbocycles. The van der Waals surface area contributed by atoms with E-state index in [4.69, 9.17) is 18.0 Å².